The third-order valence-electron chi connectivity index (χ3n) is 2.68. The van der Waals surface area contributed by atoms with Crippen LogP contribution in [0.25, 0.3) is 0 Å². The molecule has 1 amide bonds. The molecular formula is C10H13NO2. The van der Waals surface area contributed by atoms with Crippen LogP contribution >= 0.6 is 0 Å². The normalized spacial score (nSPS) is 28.5. The van der Waals surface area contributed by atoms with Crippen molar-refractivity contribution in [2.75, 3.05) is 0 Å². The summed E-state index contributed by atoms with van der Waals surface area (Å²) in [5.41, 5.74) is 1.76. The molecule has 1 unspecified atom stereocenters. The maximum absolute atomic E-state index is 11.5. The highest BCUT2D eigenvalue weighted by Gasteiger charge is 2.28. The van der Waals surface area contributed by atoms with Crippen LogP contribution in [0.15, 0.2) is 11.3 Å². The van der Waals surface area contributed by atoms with Crippen molar-refractivity contribution >= 4 is 11.7 Å². The number of nitrogens with one attached hydrogen (secondary N) is 1. The maximum atomic E-state index is 11.5. The summed E-state index contributed by atoms with van der Waals surface area (Å²) < 4.78 is 0. The summed E-state index contributed by atoms with van der Waals surface area (Å²) in [6.45, 7) is 2.04. The number of Topliss-reactive ketones (excluding diaryl/α,β-unsaturated/α-hetero) is 1. The Bertz CT molecular complexity index is 304. The Morgan fingerprint density at radius 3 is 2.77 bits per heavy atom. The number of amides is 1. The van der Waals surface area contributed by atoms with Crippen molar-refractivity contribution in [3.8, 4) is 0 Å². The van der Waals surface area contributed by atoms with Gasteiger partial charge in [0, 0.05) is 24.1 Å². The molecule has 70 valence electrons. The molecule has 13 heavy (non-hydrogen) atoms. The van der Waals surface area contributed by atoms with E-state index in [2.05, 4.69) is 5.32 Å². The molecule has 1 N–H and O–H groups in total. The van der Waals surface area contributed by atoms with Crippen LogP contribution in [0.3, 0.4) is 0 Å². The monoisotopic (exact) mass is 179 g/mol. The Hall–Kier alpha value is -1.12. The van der Waals surface area contributed by atoms with Gasteiger partial charge >= 0.3 is 0 Å². The van der Waals surface area contributed by atoms with Gasteiger partial charge in [-0.3, -0.25) is 9.59 Å². The lowest BCUT2D eigenvalue weighted by Gasteiger charge is -2.27. The van der Waals surface area contributed by atoms with Crippen molar-refractivity contribution in [2.45, 2.75) is 32.6 Å². The maximum Gasteiger partial charge on any atom is 0.224 e. The number of ketones is 1. The third kappa shape index (κ3) is 1.50. The van der Waals surface area contributed by atoms with Gasteiger partial charge in [-0.2, -0.15) is 0 Å². The molecule has 0 radical (unpaired) electrons. The van der Waals surface area contributed by atoms with Gasteiger partial charge in [0.05, 0.1) is 0 Å². The fourth-order valence-electron chi connectivity index (χ4n) is 2.04. The van der Waals surface area contributed by atoms with Gasteiger partial charge < -0.3 is 5.32 Å². The van der Waals surface area contributed by atoms with Gasteiger partial charge in [0.25, 0.3) is 0 Å². The standard InChI is InChI=1S/C10H13NO2/c1-6-4-8-7(9(12)5-6)2-3-10(13)11-8/h6H,2-5H2,1H3,(H,11,13). The van der Waals surface area contributed by atoms with E-state index in [-0.39, 0.29) is 11.7 Å². The van der Waals surface area contributed by atoms with E-state index in [0.717, 1.165) is 17.7 Å². The number of carbonyl (C=O) groups excluding carboxylic acids is 2. The lowest BCUT2D eigenvalue weighted by atomic mass is 9.84. The van der Waals surface area contributed by atoms with Crippen LogP contribution < -0.4 is 5.32 Å². The second kappa shape index (κ2) is 2.98. The molecule has 0 saturated heterocycles. The second-order valence-corrected chi connectivity index (χ2v) is 3.94. The average Bonchev–Trinajstić information content (AvgIpc) is 2.02. The molecule has 2 aliphatic rings. The summed E-state index contributed by atoms with van der Waals surface area (Å²) in [4.78, 5) is 22.6. The van der Waals surface area contributed by atoms with Crippen LogP contribution in [0.4, 0.5) is 0 Å². The molecule has 1 aliphatic carbocycles. The lowest BCUT2D eigenvalue weighted by Crippen LogP contribution is -2.34. The van der Waals surface area contributed by atoms with E-state index in [1.54, 1.807) is 0 Å². The number of hydrogen-bond donors (Lipinski definition) is 1. The van der Waals surface area contributed by atoms with Crippen LogP contribution in [0.5, 0.6) is 0 Å². The van der Waals surface area contributed by atoms with E-state index in [0.29, 0.717) is 25.2 Å². The molecule has 3 nitrogen and oxygen atoms in total. The quantitative estimate of drug-likeness (QED) is 0.606. The highest BCUT2D eigenvalue weighted by Crippen LogP contribution is 2.29. The fourth-order valence-corrected chi connectivity index (χ4v) is 2.04. The minimum absolute atomic E-state index is 0.0562. The average molecular weight is 179 g/mol. The Labute approximate surface area is 77.2 Å². The lowest BCUT2D eigenvalue weighted by molar-refractivity contribution is -0.121. The molecule has 0 spiro atoms. The topological polar surface area (TPSA) is 46.2 Å². The van der Waals surface area contributed by atoms with Crippen LogP contribution in [0.1, 0.15) is 32.6 Å². The molecule has 0 fully saturated rings. The number of rotatable bonds is 0. The SMILES string of the molecule is CC1CC(=O)C2=C(C1)NC(=O)CC2. The molecule has 1 heterocycles. The molecule has 1 aliphatic heterocycles. The molecule has 0 bridgehead atoms. The molecule has 0 aromatic heterocycles. The van der Waals surface area contributed by atoms with Gasteiger partial charge in [0.15, 0.2) is 5.78 Å². The predicted molar refractivity (Wildman–Crippen MR) is 47.8 cm³/mol. The van der Waals surface area contributed by atoms with Gasteiger partial charge in [0.1, 0.15) is 0 Å². The van der Waals surface area contributed by atoms with Gasteiger partial charge in [-0.15, -0.1) is 0 Å². The highest BCUT2D eigenvalue weighted by molar-refractivity contribution is 5.99. The molecule has 3 heteroatoms. The smallest absolute Gasteiger partial charge is 0.224 e. The first-order valence-corrected chi connectivity index (χ1v) is 4.72. The van der Waals surface area contributed by atoms with E-state index in [1.807, 2.05) is 6.92 Å². The van der Waals surface area contributed by atoms with Crippen LogP contribution in [-0.4, -0.2) is 11.7 Å². The first kappa shape index (κ1) is 8.48. The van der Waals surface area contributed by atoms with Crippen LogP contribution in [0.2, 0.25) is 0 Å². The zero-order valence-corrected chi connectivity index (χ0v) is 7.72. The van der Waals surface area contributed by atoms with E-state index >= 15 is 0 Å². The summed E-state index contributed by atoms with van der Waals surface area (Å²) >= 11 is 0. The zero-order chi connectivity index (χ0) is 9.42. The summed E-state index contributed by atoms with van der Waals surface area (Å²) in [6.07, 6.45) is 2.62. The van der Waals surface area contributed by atoms with Crippen LogP contribution in [0, 0.1) is 5.92 Å². The molecule has 0 aromatic rings. The number of carbonyl (C=O) groups is 2. The van der Waals surface area contributed by atoms with Gasteiger partial charge in [-0.1, -0.05) is 6.92 Å². The van der Waals surface area contributed by atoms with Crippen molar-refractivity contribution in [2.24, 2.45) is 5.92 Å². The van der Waals surface area contributed by atoms with E-state index in [4.69, 9.17) is 0 Å². The Morgan fingerprint density at radius 2 is 2.00 bits per heavy atom. The van der Waals surface area contributed by atoms with Gasteiger partial charge in [0.2, 0.25) is 5.91 Å². The van der Waals surface area contributed by atoms with Crippen molar-refractivity contribution in [1.82, 2.24) is 5.32 Å². The molecular weight excluding hydrogens is 166 g/mol. The van der Waals surface area contributed by atoms with E-state index in [1.165, 1.54) is 0 Å². The Morgan fingerprint density at radius 1 is 1.23 bits per heavy atom. The minimum Gasteiger partial charge on any atom is -0.329 e. The first-order chi connectivity index (χ1) is 6.16. The van der Waals surface area contributed by atoms with Crippen molar-refractivity contribution in [3.05, 3.63) is 11.3 Å². The largest absolute Gasteiger partial charge is 0.329 e. The van der Waals surface area contributed by atoms with Crippen LogP contribution in [-0.2, 0) is 9.59 Å². The molecule has 0 saturated carbocycles. The molecule has 2 rings (SSSR count). The highest BCUT2D eigenvalue weighted by atomic mass is 16.2. The summed E-state index contributed by atoms with van der Waals surface area (Å²) in [7, 11) is 0. The van der Waals surface area contributed by atoms with Crippen molar-refractivity contribution in [1.29, 1.82) is 0 Å². The summed E-state index contributed by atoms with van der Waals surface area (Å²) in [5, 5.41) is 2.80. The Kier molecular flexibility index (Phi) is 1.94. The Balaban J connectivity index is 2.29. The predicted octanol–water partition coefficient (Wildman–Crippen LogP) is 1.15. The number of hydrogen-bond acceptors (Lipinski definition) is 2. The van der Waals surface area contributed by atoms with E-state index < -0.39 is 0 Å². The fraction of sp³-hybridized carbons (Fsp3) is 0.600. The van der Waals surface area contributed by atoms with Gasteiger partial charge in [-0.05, 0) is 18.8 Å². The molecule has 1 atom stereocenters. The molecule has 0 aromatic carbocycles. The summed E-state index contributed by atoms with van der Waals surface area (Å²) in [5.74, 6) is 0.666. The summed E-state index contributed by atoms with van der Waals surface area (Å²) in [6, 6.07) is 0. The number of allylic oxidation sites excluding steroid dienone is 2. The van der Waals surface area contributed by atoms with E-state index in [9.17, 15) is 9.59 Å². The second-order valence-electron chi connectivity index (χ2n) is 3.94. The van der Waals surface area contributed by atoms with Gasteiger partial charge in [-0.25, -0.2) is 0 Å². The van der Waals surface area contributed by atoms with Crippen molar-refractivity contribution in [3.63, 3.8) is 0 Å². The minimum atomic E-state index is 0.0562. The first-order valence-electron chi connectivity index (χ1n) is 4.72. The van der Waals surface area contributed by atoms with Crippen molar-refractivity contribution < 1.29 is 9.59 Å². The zero-order valence-electron chi connectivity index (χ0n) is 7.72. The third-order valence-corrected chi connectivity index (χ3v) is 2.68.